The normalized spacial score (nSPS) is 24.6. The second-order valence-corrected chi connectivity index (χ2v) is 5.25. The van der Waals surface area contributed by atoms with E-state index < -0.39 is 5.92 Å². The van der Waals surface area contributed by atoms with E-state index in [1.165, 1.54) is 0 Å². The largest absolute Gasteiger partial charge is 0.298 e. The zero-order valence-electron chi connectivity index (χ0n) is 8.98. The summed E-state index contributed by atoms with van der Waals surface area (Å²) in [5, 5.41) is 9.12. The van der Waals surface area contributed by atoms with E-state index >= 15 is 0 Å². The molecule has 1 aromatic carbocycles. The number of ketones is 1. The maximum absolute atomic E-state index is 12.0. The third-order valence-corrected chi connectivity index (χ3v) is 3.56. The van der Waals surface area contributed by atoms with E-state index in [-0.39, 0.29) is 11.7 Å². The first-order valence-electron chi connectivity index (χ1n) is 5.32. The fourth-order valence-electron chi connectivity index (χ4n) is 1.92. The van der Waals surface area contributed by atoms with Gasteiger partial charge in [-0.05, 0) is 30.0 Å². The number of nitriles is 1. The number of halogens is 1. The molecule has 1 saturated carbocycles. The van der Waals surface area contributed by atoms with Crippen molar-refractivity contribution in [2.75, 3.05) is 0 Å². The van der Waals surface area contributed by atoms with Gasteiger partial charge in [-0.1, -0.05) is 35.0 Å². The van der Waals surface area contributed by atoms with Crippen LogP contribution in [0.15, 0.2) is 28.7 Å². The van der Waals surface area contributed by atoms with Crippen molar-refractivity contribution in [3.63, 3.8) is 0 Å². The standard InChI is InChI=1S/C13H12BrNO/c1-8-5-11(8)13(16)12(7-15)9-3-2-4-10(14)6-9/h2-4,6,8,11-12H,5H2,1H3. The number of rotatable bonds is 3. The molecule has 16 heavy (non-hydrogen) atoms. The summed E-state index contributed by atoms with van der Waals surface area (Å²) in [6, 6.07) is 9.55. The van der Waals surface area contributed by atoms with E-state index in [0.29, 0.717) is 5.92 Å². The summed E-state index contributed by atoms with van der Waals surface area (Å²) in [5.41, 5.74) is 0.793. The van der Waals surface area contributed by atoms with Crippen LogP contribution in [-0.2, 0) is 4.79 Å². The van der Waals surface area contributed by atoms with Gasteiger partial charge in [-0.25, -0.2) is 0 Å². The smallest absolute Gasteiger partial charge is 0.157 e. The molecule has 3 unspecified atom stereocenters. The van der Waals surface area contributed by atoms with E-state index in [1.807, 2.05) is 24.3 Å². The number of hydrogen-bond acceptors (Lipinski definition) is 2. The van der Waals surface area contributed by atoms with Gasteiger partial charge in [0.1, 0.15) is 5.92 Å². The first-order chi connectivity index (χ1) is 7.63. The molecule has 0 aromatic heterocycles. The van der Waals surface area contributed by atoms with Crippen LogP contribution in [0.5, 0.6) is 0 Å². The zero-order valence-corrected chi connectivity index (χ0v) is 10.6. The summed E-state index contributed by atoms with van der Waals surface area (Å²) in [6.45, 7) is 2.05. The average molecular weight is 278 g/mol. The molecule has 3 heteroatoms. The third-order valence-electron chi connectivity index (χ3n) is 3.07. The lowest BCUT2D eigenvalue weighted by atomic mass is 9.93. The summed E-state index contributed by atoms with van der Waals surface area (Å²) in [5.74, 6) is 0.0275. The second-order valence-electron chi connectivity index (χ2n) is 4.34. The summed E-state index contributed by atoms with van der Waals surface area (Å²) in [7, 11) is 0. The first kappa shape index (κ1) is 11.3. The number of benzene rings is 1. The molecule has 3 atom stereocenters. The van der Waals surface area contributed by atoms with Crippen LogP contribution in [0.1, 0.15) is 24.8 Å². The Morgan fingerprint density at radius 2 is 2.31 bits per heavy atom. The van der Waals surface area contributed by atoms with E-state index in [9.17, 15) is 4.79 Å². The van der Waals surface area contributed by atoms with Crippen molar-refractivity contribution in [1.29, 1.82) is 5.26 Å². The van der Waals surface area contributed by atoms with Crippen LogP contribution in [-0.4, -0.2) is 5.78 Å². The van der Waals surface area contributed by atoms with Gasteiger partial charge in [0.15, 0.2) is 5.78 Å². The second kappa shape index (κ2) is 4.39. The van der Waals surface area contributed by atoms with E-state index in [1.54, 1.807) is 0 Å². The van der Waals surface area contributed by atoms with E-state index in [2.05, 4.69) is 28.9 Å². The number of Topliss-reactive ketones (excluding diaryl/α,β-unsaturated/α-hetero) is 1. The van der Waals surface area contributed by atoms with Gasteiger partial charge in [0.05, 0.1) is 6.07 Å². The molecule has 0 saturated heterocycles. The van der Waals surface area contributed by atoms with Gasteiger partial charge in [-0.2, -0.15) is 5.26 Å². The Morgan fingerprint density at radius 3 is 2.81 bits per heavy atom. The Kier molecular flexibility index (Phi) is 3.11. The third kappa shape index (κ3) is 2.17. The Labute approximate surface area is 103 Å². The fraction of sp³-hybridized carbons (Fsp3) is 0.385. The Balaban J connectivity index is 2.23. The monoisotopic (exact) mass is 277 g/mol. The summed E-state index contributed by atoms with van der Waals surface area (Å²) in [4.78, 5) is 12.0. The molecule has 0 radical (unpaired) electrons. The predicted octanol–water partition coefficient (Wildman–Crippen LogP) is 3.28. The number of hydrogen-bond donors (Lipinski definition) is 0. The van der Waals surface area contributed by atoms with Crippen LogP contribution < -0.4 is 0 Å². The predicted molar refractivity (Wildman–Crippen MR) is 64.8 cm³/mol. The minimum Gasteiger partial charge on any atom is -0.298 e. The highest BCUT2D eigenvalue weighted by Crippen LogP contribution is 2.42. The van der Waals surface area contributed by atoms with Crippen molar-refractivity contribution < 1.29 is 4.79 Å². The summed E-state index contributed by atoms with van der Waals surface area (Å²) < 4.78 is 0.905. The molecule has 1 fully saturated rings. The van der Waals surface area contributed by atoms with E-state index in [0.717, 1.165) is 16.5 Å². The van der Waals surface area contributed by atoms with Crippen LogP contribution in [0.3, 0.4) is 0 Å². The Morgan fingerprint density at radius 1 is 1.62 bits per heavy atom. The first-order valence-corrected chi connectivity index (χ1v) is 6.11. The van der Waals surface area contributed by atoms with Crippen LogP contribution in [0.4, 0.5) is 0 Å². The van der Waals surface area contributed by atoms with Crippen molar-refractivity contribution >= 4 is 21.7 Å². The van der Waals surface area contributed by atoms with Gasteiger partial charge in [0.2, 0.25) is 0 Å². The van der Waals surface area contributed by atoms with Crippen molar-refractivity contribution in [3.8, 4) is 6.07 Å². The highest BCUT2D eigenvalue weighted by Gasteiger charge is 2.42. The van der Waals surface area contributed by atoms with Crippen LogP contribution >= 0.6 is 15.9 Å². The van der Waals surface area contributed by atoms with Gasteiger partial charge in [0, 0.05) is 10.4 Å². The molecule has 1 aromatic rings. The van der Waals surface area contributed by atoms with Crippen LogP contribution in [0, 0.1) is 23.2 Å². The maximum Gasteiger partial charge on any atom is 0.157 e. The molecule has 1 aliphatic rings. The molecular formula is C13H12BrNO. The molecule has 1 aliphatic carbocycles. The maximum atomic E-state index is 12.0. The van der Waals surface area contributed by atoms with Gasteiger partial charge >= 0.3 is 0 Å². The highest BCUT2D eigenvalue weighted by atomic mass is 79.9. The fourth-order valence-corrected chi connectivity index (χ4v) is 2.34. The van der Waals surface area contributed by atoms with Crippen molar-refractivity contribution in [1.82, 2.24) is 0 Å². The number of carbonyl (C=O) groups excluding carboxylic acids is 1. The number of carbonyl (C=O) groups is 1. The molecule has 2 rings (SSSR count). The minimum atomic E-state index is -0.604. The van der Waals surface area contributed by atoms with Gasteiger partial charge < -0.3 is 0 Å². The summed E-state index contributed by atoms with van der Waals surface area (Å²) >= 11 is 3.35. The minimum absolute atomic E-state index is 0.0769. The molecule has 0 aliphatic heterocycles. The Bertz CT molecular complexity index is 463. The molecular weight excluding hydrogens is 266 g/mol. The Hall–Kier alpha value is -1.14. The molecule has 0 spiro atoms. The van der Waals surface area contributed by atoms with Gasteiger partial charge in [-0.15, -0.1) is 0 Å². The van der Waals surface area contributed by atoms with Crippen molar-refractivity contribution in [3.05, 3.63) is 34.3 Å². The highest BCUT2D eigenvalue weighted by molar-refractivity contribution is 9.10. The van der Waals surface area contributed by atoms with Gasteiger partial charge in [0.25, 0.3) is 0 Å². The van der Waals surface area contributed by atoms with Crippen LogP contribution in [0.25, 0.3) is 0 Å². The van der Waals surface area contributed by atoms with Crippen molar-refractivity contribution in [2.45, 2.75) is 19.3 Å². The van der Waals surface area contributed by atoms with Gasteiger partial charge in [-0.3, -0.25) is 4.79 Å². The number of nitrogens with zero attached hydrogens (tertiary/aromatic N) is 1. The SMILES string of the molecule is CC1CC1C(=O)C(C#N)c1cccc(Br)c1. The molecule has 82 valence electrons. The zero-order chi connectivity index (χ0) is 11.7. The molecule has 0 heterocycles. The average Bonchev–Trinajstić information content (AvgIpc) is 2.96. The topological polar surface area (TPSA) is 40.9 Å². The quantitative estimate of drug-likeness (QED) is 0.851. The lowest BCUT2D eigenvalue weighted by Gasteiger charge is -2.08. The lowest BCUT2D eigenvalue weighted by Crippen LogP contribution is -2.13. The molecule has 2 nitrogen and oxygen atoms in total. The molecule has 0 amide bonds. The summed E-state index contributed by atoms with van der Waals surface area (Å²) in [6.07, 6.45) is 0.936. The van der Waals surface area contributed by atoms with Crippen molar-refractivity contribution in [2.24, 2.45) is 11.8 Å². The van der Waals surface area contributed by atoms with E-state index in [4.69, 9.17) is 5.26 Å². The van der Waals surface area contributed by atoms with Crippen LogP contribution in [0.2, 0.25) is 0 Å². The lowest BCUT2D eigenvalue weighted by molar-refractivity contribution is -0.120. The molecule has 0 bridgehead atoms. The molecule has 0 N–H and O–H groups in total.